The number of amides is 2. The van der Waals surface area contributed by atoms with Crippen LogP contribution in [0, 0.1) is 5.92 Å². The summed E-state index contributed by atoms with van der Waals surface area (Å²) in [6, 6.07) is -0.546. The number of rotatable bonds is 4. The molecule has 18 heavy (non-hydrogen) atoms. The number of nitrogens with one attached hydrogen (secondary N) is 2. The van der Waals surface area contributed by atoms with Crippen molar-refractivity contribution in [1.29, 1.82) is 0 Å². The number of carbonyl (C=O) groups excluding carboxylic acids is 2. The van der Waals surface area contributed by atoms with Gasteiger partial charge in [0.25, 0.3) is 0 Å². The van der Waals surface area contributed by atoms with E-state index in [-0.39, 0.29) is 17.4 Å². The predicted molar refractivity (Wildman–Crippen MR) is 69.2 cm³/mol. The topological polar surface area (TPSA) is 67.4 Å². The average molecular weight is 256 g/mol. The van der Waals surface area contributed by atoms with E-state index < -0.39 is 12.1 Å². The first-order chi connectivity index (χ1) is 8.38. The quantitative estimate of drug-likeness (QED) is 0.806. The van der Waals surface area contributed by atoms with E-state index in [0.717, 1.165) is 25.7 Å². The van der Waals surface area contributed by atoms with Gasteiger partial charge in [-0.3, -0.25) is 4.79 Å². The van der Waals surface area contributed by atoms with Crippen LogP contribution in [0.25, 0.3) is 0 Å². The number of carbonyl (C=O) groups is 2. The minimum Gasteiger partial charge on any atom is -0.453 e. The third-order valence-corrected chi connectivity index (χ3v) is 3.54. The summed E-state index contributed by atoms with van der Waals surface area (Å²) < 4.78 is 4.55. The molecular formula is C13H24N2O3. The van der Waals surface area contributed by atoms with E-state index in [1.807, 2.05) is 13.8 Å². The molecule has 0 aromatic carbocycles. The molecule has 1 aliphatic rings. The van der Waals surface area contributed by atoms with Crippen LogP contribution < -0.4 is 10.6 Å². The molecule has 0 bridgehead atoms. The maximum absolute atomic E-state index is 12.2. The highest BCUT2D eigenvalue weighted by molar-refractivity contribution is 5.86. The summed E-state index contributed by atoms with van der Waals surface area (Å²) in [6.45, 7) is 5.86. The van der Waals surface area contributed by atoms with Crippen molar-refractivity contribution in [3.8, 4) is 0 Å². The smallest absolute Gasteiger partial charge is 0.407 e. The third kappa shape index (κ3) is 3.89. The summed E-state index contributed by atoms with van der Waals surface area (Å²) in [4.78, 5) is 23.5. The zero-order valence-corrected chi connectivity index (χ0v) is 11.7. The van der Waals surface area contributed by atoms with Crippen molar-refractivity contribution < 1.29 is 14.3 Å². The molecule has 1 aliphatic carbocycles. The fourth-order valence-corrected chi connectivity index (χ4v) is 2.38. The van der Waals surface area contributed by atoms with Crippen molar-refractivity contribution in [1.82, 2.24) is 10.6 Å². The van der Waals surface area contributed by atoms with E-state index in [2.05, 4.69) is 22.3 Å². The lowest BCUT2D eigenvalue weighted by atomic mass is 9.97. The molecule has 1 rings (SSSR count). The molecule has 0 unspecified atom stereocenters. The van der Waals surface area contributed by atoms with Crippen molar-refractivity contribution >= 4 is 12.0 Å². The molecule has 1 saturated carbocycles. The van der Waals surface area contributed by atoms with E-state index in [0.29, 0.717) is 0 Å². The number of alkyl carbamates (subject to hydrolysis) is 1. The van der Waals surface area contributed by atoms with Crippen molar-refractivity contribution in [2.24, 2.45) is 5.92 Å². The van der Waals surface area contributed by atoms with Gasteiger partial charge < -0.3 is 15.4 Å². The Morgan fingerprint density at radius 1 is 1.22 bits per heavy atom. The van der Waals surface area contributed by atoms with Gasteiger partial charge in [0.1, 0.15) is 6.04 Å². The molecule has 1 fully saturated rings. The number of methoxy groups -OCH3 is 1. The minimum atomic E-state index is -0.569. The van der Waals surface area contributed by atoms with Crippen LogP contribution in [0.1, 0.15) is 46.5 Å². The monoisotopic (exact) mass is 256 g/mol. The van der Waals surface area contributed by atoms with Crippen LogP contribution in [0.4, 0.5) is 4.79 Å². The highest BCUT2D eigenvalue weighted by Crippen LogP contribution is 2.29. The molecule has 0 aromatic rings. The zero-order chi connectivity index (χ0) is 13.8. The van der Waals surface area contributed by atoms with Gasteiger partial charge in [-0.05, 0) is 25.7 Å². The first-order valence-electron chi connectivity index (χ1n) is 6.54. The lowest BCUT2D eigenvalue weighted by Gasteiger charge is -2.29. The van der Waals surface area contributed by atoms with Gasteiger partial charge in [0.15, 0.2) is 0 Å². The molecule has 0 radical (unpaired) electrons. The molecule has 2 amide bonds. The van der Waals surface area contributed by atoms with Crippen LogP contribution in [0.3, 0.4) is 0 Å². The van der Waals surface area contributed by atoms with Crippen LogP contribution in [-0.4, -0.2) is 30.7 Å². The molecule has 0 heterocycles. The minimum absolute atomic E-state index is 0.0223. The number of ether oxygens (including phenoxy) is 1. The summed E-state index contributed by atoms with van der Waals surface area (Å²) in [5, 5.41) is 5.64. The Bertz CT molecular complexity index is 309. The SMILES string of the molecule is COC(=O)N[C@H](C(=O)NC1(C)CCCC1)C(C)C. The summed E-state index contributed by atoms with van der Waals surface area (Å²) >= 11 is 0. The summed E-state index contributed by atoms with van der Waals surface area (Å²) in [5.41, 5.74) is -0.123. The molecule has 2 N–H and O–H groups in total. The van der Waals surface area contributed by atoms with Crippen LogP contribution in [-0.2, 0) is 9.53 Å². The second-order valence-corrected chi connectivity index (χ2v) is 5.61. The number of hydrogen-bond acceptors (Lipinski definition) is 3. The van der Waals surface area contributed by atoms with Gasteiger partial charge in [0, 0.05) is 5.54 Å². The molecule has 104 valence electrons. The average Bonchev–Trinajstić information content (AvgIpc) is 2.71. The Kier molecular flexibility index (Phi) is 4.99. The first kappa shape index (κ1) is 14.8. The molecule has 5 heteroatoms. The first-order valence-corrected chi connectivity index (χ1v) is 6.54. The van der Waals surface area contributed by atoms with Crippen LogP contribution in [0.5, 0.6) is 0 Å². The Hall–Kier alpha value is -1.26. The van der Waals surface area contributed by atoms with Crippen molar-refractivity contribution in [2.45, 2.75) is 58.0 Å². The van der Waals surface area contributed by atoms with Crippen molar-refractivity contribution in [3.63, 3.8) is 0 Å². The summed E-state index contributed by atoms with van der Waals surface area (Å²) in [7, 11) is 1.29. The van der Waals surface area contributed by atoms with Gasteiger partial charge in [-0.15, -0.1) is 0 Å². The largest absolute Gasteiger partial charge is 0.453 e. The van der Waals surface area contributed by atoms with Gasteiger partial charge in [-0.1, -0.05) is 26.7 Å². The lowest BCUT2D eigenvalue weighted by molar-refractivity contribution is -0.125. The fourth-order valence-electron chi connectivity index (χ4n) is 2.38. The Morgan fingerprint density at radius 3 is 2.22 bits per heavy atom. The fraction of sp³-hybridized carbons (Fsp3) is 0.846. The van der Waals surface area contributed by atoms with Crippen molar-refractivity contribution in [3.05, 3.63) is 0 Å². The Labute approximate surface area is 109 Å². The van der Waals surface area contributed by atoms with Gasteiger partial charge >= 0.3 is 6.09 Å². The second kappa shape index (κ2) is 6.07. The molecule has 0 saturated heterocycles. The predicted octanol–water partition coefficient (Wildman–Crippen LogP) is 1.82. The van der Waals surface area contributed by atoms with Gasteiger partial charge in [-0.2, -0.15) is 0 Å². The molecule has 1 atom stereocenters. The van der Waals surface area contributed by atoms with E-state index in [4.69, 9.17) is 0 Å². The third-order valence-electron chi connectivity index (χ3n) is 3.54. The Balaban J connectivity index is 2.62. The highest BCUT2D eigenvalue weighted by Gasteiger charge is 2.34. The molecule has 0 spiro atoms. The van der Waals surface area contributed by atoms with Crippen molar-refractivity contribution in [2.75, 3.05) is 7.11 Å². The molecular weight excluding hydrogens is 232 g/mol. The number of hydrogen-bond donors (Lipinski definition) is 2. The van der Waals surface area contributed by atoms with Crippen LogP contribution in [0.2, 0.25) is 0 Å². The van der Waals surface area contributed by atoms with E-state index >= 15 is 0 Å². The summed E-state index contributed by atoms with van der Waals surface area (Å²) in [6.07, 6.45) is 3.73. The van der Waals surface area contributed by atoms with Crippen LogP contribution >= 0.6 is 0 Å². The van der Waals surface area contributed by atoms with Gasteiger partial charge in [0.2, 0.25) is 5.91 Å². The summed E-state index contributed by atoms with van der Waals surface area (Å²) in [5.74, 6) is -0.103. The van der Waals surface area contributed by atoms with Gasteiger partial charge in [0.05, 0.1) is 7.11 Å². The van der Waals surface area contributed by atoms with E-state index in [9.17, 15) is 9.59 Å². The van der Waals surface area contributed by atoms with E-state index in [1.54, 1.807) is 0 Å². The zero-order valence-electron chi connectivity index (χ0n) is 11.7. The van der Waals surface area contributed by atoms with E-state index in [1.165, 1.54) is 7.11 Å². The van der Waals surface area contributed by atoms with Crippen LogP contribution in [0.15, 0.2) is 0 Å². The second-order valence-electron chi connectivity index (χ2n) is 5.61. The standard InChI is InChI=1S/C13H24N2O3/c1-9(2)10(14-12(17)18-4)11(16)15-13(3)7-5-6-8-13/h9-10H,5-8H2,1-4H3,(H,14,17)(H,15,16)/t10-/m0/s1. The molecule has 5 nitrogen and oxygen atoms in total. The molecule has 0 aliphatic heterocycles. The van der Waals surface area contributed by atoms with Gasteiger partial charge in [-0.25, -0.2) is 4.79 Å². The Morgan fingerprint density at radius 2 is 1.78 bits per heavy atom. The lowest BCUT2D eigenvalue weighted by Crippen LogP contribution is -2.55. The normalized spacial score (nSPS) is 19.4. The maximum Gasteiger partial charge on any atom is 0.407 e. The highest BCUT2D eigenvalue weighted by atomic mass is 16.5. The maximum atomic E-state index is 12.2. The molecule has 0 aromatic heterocycles.